The quantitative estimate of drug-likeness (QED) is 0.519. The summed E-state index contributed by atoms with van der Waals surface area (Å²) in [6.45, 7) is 6.52. The van der Waals surface area contributed by atoms with E-state index < -0.39 is 0 Å². The summed E-state index contributed by atoms with van der Waals surface area (Å²) in [6.07, 6.45) is 13.2. The van der Waals surface area contributed by atoms with Gasteiger partial charge in [-0.15, -0.1) is 0 Å². The molecule has 0 aliphatic heterocycles. The fourth-order valence-electron chi connectivity index (χ4n) is 2.77. The van der Waals surface area contributed by atoms with Crippen LogP contribution >= 0.6 is 0 Å². The monoisotopic (exact) mass is 362 g/mol. The molecule has 0 aliphatic rings. The molecule has 0 heterocycles. The van der Waals surface area contributed by atoms with E-state index in [0.717, 1.165) is 29.7 Å². The van der Waals surface area contributed by atoms with Crippen molar-refractivity contribution in [3.63, 3.8) is 0 Å². The molecule has 2 aromatic carbocycles. The molecule has 0 bridgehead atoms. The van der Waals surface area contributed by atoms with Gasteiger partial charge in [-0.3, -0.25) is 0 Å². The Bertz CT molecular complexity index is 791. The number of ether oxygens (including phenoxy) is 1. The van der Waals surface area contributed by atoms with Gasteiger partial charge in [-0.05, 0) is 62.1 Å². The first-order chi connectivity index (χ1) is 12.9. The first-order valence-electron chi connectivity index (χ1n) is 9.35. The number of aromatic hydroxyl groups is 1. The van der Waals surface area contributed by atoms with Crippen molar-refractivity contribution in [1.82, 2.24) is 0 Å². The maximum absolute atomic E-state index is 9.45. The second-order valence-corrected chi connectivity index (χ2v) is 7.36. The lowest BCUT2D eigenvalue weighted by molar-refractivity contribution is 0.415. The van der Waals surface area contributed by atoms with Crippen molar-refractivity contribution in [2.45, 2.75) is 33.6 Å². The smallest absolute Gasteiger partial charge is 0.118 e. The maximum atomic E-state index is 9.45. The summed E-state index contributed by atoms with van der Waals surface area (Å²) in [5, 5.41) is 9.45. The van der Waals surface area contributed by atoms with Crippen LogP contribution in [0.1, 0.15) is 44.7 Å². The third kappa shape index (κ3) is 7.18. The van der Waals surface area contributed by atoms with Gasteiger partial charge in [-0.2, -0.15) is 0 Å². The fourth-order valence-corrected chi connectivity index (χ4v) is 2.77. The van der Waals surface area contributed by atoms with E-state index in [1.54, 1.807) is 19.2 Å². The molecule has 0 radical (unpaired) electrons. The highest BCUT2D eigenvalue weighted by molar-refractivity contribution is 5.55. The lowest BCUT2D eigenvalue weighted by Crippen LogP contribution is -2.09. The Hall–Kier alpha value is -2.74. The molecule has 0 amide bonds. The highest BCUT2D eigenvalue weighted by Crippen LogP contribution is 2.30. The van der Waals surface area contributed by atoms with E-state index in [0.29, 0.717) is 0 Å². The van der Waals surface area contributed by atoms with E-state index in [9.17, 15) is 5.11 Å². The summed E-state index contributed by atoms with van der Waals surface area (Å²) < 4.78 is 5.23. The molecule has 0 unspecified atom stereocenters. The molecule has 2 rings (SSSR count). The molecule has 1 atom stereocenters. The Morgan fingerprint density at radius 3 is 1.93 bits per heavy atom. The molecule has 2 nitrogen and oxygen atoms in total. The van der Waals surface area contributed by atoms with Crippen LogP contribution in [0.5, 0.6) is 11.5 Å². The van der Waals surface area contributed by atoms with E-state index in [2.05, 4.69) is 63.3 Å². The minimum atomic E-state index is -0.0657. The Morgan fingerprint density at radius 1 is 0.926 bits per heavy atom. The summed E-state index contributed by atoms with van der Waals surface area (Å²) >= 11 is 0. The SMILES string of the molecule is COc1ccc(/C=C/[C@](C)(/C=C/c2ccc(O)cc2)CCC=C(C)C)cc1. The third-order valence-electron chi connectivity index (χ3n) is 4.56. The van der Waals surface area contributed by atoms with Crippen LogP contribution in [0.3, 0.4) is 0 Å². The topological polar surface area (TPSA) is 29.5 Å². The van der Waals surface area contributed by atoms with Crippen molar-refractivity contribution in [1.29, 1.82) is 0 Å². The van der Waals surface area contributed by atoms with Crippen LogP contribution in [0.4, 0.5) is 0 Å². The number of rotatable bonds is 8. The Balaban J connectivity index is 2.20. The lowest BCUT2D eigenvalue weighted by Gasteiger charge is -2.21. The predicted molar refractivity (Wildman–Crippen MR) is 116 cm³/mol. The summed E-state index contributed by atoms with van der Waals surface area (Å²) in [6, 6.07) is 15.4. The molecule has 0 aliphatic carbocycles. The lowest BCUT2D eigenvalue weighted by atomic mass is 9.83. The van der Waals surface area contributed by atoms with Crippen molar-refractivity contribution >= 4 is 12.2 Å². The number of methoxy groups -OCH3 is 1. The number of benzene rings is 2. The Labute approximate surface area is 163 Å². The van der Waals surface area contributed by atoms with Crippen LogP contribution in [0.2, 0.25) is 0 Å². The first-order valence-corrected chi connectivity index (χ1v) is 9.35. The van der Waals surface area contributed by atoms with Crippen molar-refractivity contribution in [2.75, 3.05) is 7.11 Å². The van der Waals surface area contributed by atoms with Crippen molar-refractivity contribution in [3.05, 3.63) is 83.5 Å². The number of hydrogen-bond donors (Lipinski definition) is 1. The Morgan fingerprint density at radius 2 is 1.44 bits per heavy atom. The Kier molecular flexibility index (Phi) is 7.48. The summed E-state index contributed by atoms with van der Waals surface area (Å²) in [7, 11) is 1.68. The van der Waals surface area contributed by atoms with E-state index >= 15 is 0 Å². The number of phenols is 1. The number of allylic oxidation sites excluding steroid dienone is 4. The van der Waals surface area contributed by atoms with Crippen molar-refractivity contribution < 1.29 is 9.84 Å². The predicted octanol–water partition coefficient (Wildman–Crippen LogP) is 6.88. The standard InChI is InChI=1S/C25H30O2/c1-20(2)6-5-17-25(3,18-15-21-7-11-23(26)12-8-21)19-16-22-9-13-24(27-4)14-10-22/h6-16,18-19,26H,5,17H2,1-4H3/b18-15+,19-16+/t25-/m0/s1. The van der Waals surface area contributed by atoms with Crippen LogP contribution in [0.25, 0.3) is 12.2 Å². The van der Waals surface area contributed by atoms with Crippen LogP contribution in [0.15, 0.2) is 72.3 Å². The van der Waals surface area contributed by atoms with Crippen molar-refractivity contribution in [2.24, 2.45) is 5.41 Å². The van der Waals surface area contributed by atoms with Gasteiger partial charge in [-0.25, -0.2) is 0 Å². The van der Waals surface area contributed by atoms with Gasteiger partial charge in [0.1, 0.15) is 11.5 Å². The van der Waals surface area contributed by atoms with Gasteiger partial charge < -0.3 is 9.84 Å². The highest BCUT2D eigenvalue weighted by atomic mass is 16.5. The largest absolute Gasteiger partial charge is 0.508 e. The number of hydrogen-bond acceptors (Lipinski definition) is 2. The van der Waals surface area contributed by atoms with Gasteiger partial charge in [0.2, 0.25) is 0 Å². The highest BCUT2D eigenvalue weighted by Gasteiger charge is 2.16. The van der Waals surface area contributed by atoms with Crippen LogP contribution in [-0.4, -0.2) is 12.2 Å². The second kappa shape index (κ2) is 9.82. The summed E-state index contributed by atoms with van der Waals surface area (Å²) in [5.41, 5.74) is 3.52. The van der Waals surface area contributed by atoms with Gasteiger partial charge in [0, 0.05) is 5.41 Å². The number of phenolic OH excluding ortho intramolecular Hbond substituents is 1. The molecule has 0 aromatic heterocycles. The zero-order valence-corrected chi connectivity index (χ0v) is 16.8. The van der Waals surface area contributed by atoms with Gasteiger partial charge in [0.15, 0.2) is 0 Å². The van der Waals surface area contributed by atoms with Gasteiger partial charge in [0.25, 0.3) is 0 Å². The van der Waals surface area contributed by atoms with Gasteiger partial charge in [0.05, 0.1) is 7.11 Å². The molecule has 27 heavy (non-hydrogen) atoms. The molecule has 0 saturated heterocycles. The van der Waals surface area contributed by atoms with Crippen LogP contribution in [-0.2, 0) is 0 Å². The summed E-state index contributed by atoms with van der Waals surface area (Å²) in [4.78, 5) is 0. The van der Waals surface area contributed by atoms with Crippen molar-refractivity contribution in [3.8, 4) is 11.5 Å². The molecule has 0 saturated carbocycles. The normalized spacial score (nSPS) is 13.6. The van der Waals surface area contributed by atoms with Crippen LogP contribution < -0.4 is 4.74 Å². The molecule has 1 N–H and O–H groups in total. The molecule has 2 aromatic rings. The molecular formula is C25H30O2. The molecule has 0 spiro atoms. The minimum absolute atomic E-state index is 0.0657. The first kappa shape index (κ1) is 20.6. The van der Waals surface area contributed by atoms with E-state index in [1.165, 1.54) is 5.57 Å². The average Bonchev–Trinajstić information content (AvgIpc) is 2.66. The molecule has 2 heteroatoms. The van der Waals surface area contributed by atoms with Gasteiger partial charge in [-0.1, -0.05) is 67.1 Å². The molecular weight excluding hydrogens is 332 g/mol. The van der Waals surface area contributed by atoms with E-state index in [1.807, 2.05) is 24.3 Å². The fraction of sp³-hybridized carbons (Fsp3) is 0.280. The van der Waals surface area contributed by atoms with E-state index in [-0.39, 0.29) is 11.2 Å². The second-order valence-electron chi connectivity index (χ2n) is 7.36. The zero-order valence-electron chi connectivity index (χ0n) is 16.8. The molecule has 0 fully saturated rings. The van der Waals surface area contributed by atoms with E-state index in [4.69, 9.17) is 4.74 Å². The average molecular weight is 363 g/mol. The third-order valence-corrected chi connectivity index (χ3v) is 4.56. The summed E-state index contributed by atoms with van der Waals surface area (Å²) in [5.74, 6) is 1.16. The maximum Gasteiger partial charge on any atom is 0.118 e. The minimum Gasteiger partial charge on any atom is -0.508 e. The molecule has 142 valence electrons. The van der Waals surface area contributed by atoms with Gasteiger partial charge >= 0.3 is 0 Å². The zero-order chi connectivity index (χ0) is 19.7. The van der Waals surface area contributed by atoms with Crippen LogP contribution in [0, 0.1) is 5.41 Å².